The van der Waals surface area contributed by atoms with Crippen molar-refractivity contribution in [2.24, 2.45) is 0 Å². The van der Waals surface area contributed by atoms with Gasteiger partial charge < -0.3 is 0 Å². The summed E-state index contributed by atoms with van der Waals surface area (Å²) >= 11 is 1.95. The lowest BCUT2D eigenvalue weighted by molar-refractivity contribution is 0.802. The molecule has 148 valence electrons. The molecule has 0 radical (unpaired) electrons. The van der Waals surface area contributed by atoms with Crippen LogP contribution in [0.25, 0.3) is 42.4 Å². The number of benzene rings is 5. The first-order valence-electron chi connectivity index (χ1n) is 11.1. The van der Waals surface area contributed by atoms with Crippen molar-refractivity contribution >= 4 is 31.5 Å². The van der Waals surface area contributed by atoms with E-state index in [9.17, 15) is 0 Å². The maximum Gasteiger partial charge on any atom is 0.0739 e. The van der Waals surface area contributed by atoms with Gasteiger partial charge in [-0.2, -0.15) is 0 Å². The minimum absolute atomic E-state index is 0.264. The highest BCUT2D eigenvalue weighted by Gasteiger charge is 2.52. The molecule has 0 bridgehead atoms. The number of rotatable bonds is 0. The van der Waals surface area contributed by atoms with Gasteiger partial charge in [-0.15, -0.1) is 11.3 Å². The fraction of sp³-hybridized carbons (Fsp3) is 0.0323. The Hall–Kier alpha value is -3.68. The second-order valence-corrected chi connectivity index (χ2v) is 9.90. The van der Waals surface area contributed by atoms with Gasteiger partial charge in [0, 0.05) is 20.2 Å². The van der Waals surface area contributed by atoms with Crippen LogP contribution >= 0.6 is 11.3 Å². The molecular formula is C31H18S. The van der Waals surface area contributed by atoms with Crippen LogP contribution in [0.2, 0.25) is 0 Å². The van der Waals surface area contributed by atoms with Crippen molar-refractivity contribution in [3.8, 4) is 22.3 Å². The molecule has 0 aliphatic heterocycles. The average molecular weight is 423 g/mol. The zero-order chi connectivity index (χ0) is 20.9. The molecule has 0 amide bonds. The highest BCUT2D eigenvalue weighted by Crippen LogP contribution is 2.64. The van der Waals surface area contributed by atoms with Crippen LogP contribution in [0.3, 0.4) is 0 Å². The van der Waals surface area contributed by atoms with Crippen LogP contribution in [0, 0.1) is 0 Å². The monoisotopic (exact) mass is 422 g/mol. The summed E-state index contributed by atoms with van der Waals surface area (Å²) in [6.07, 6.45) is 0. The van der Waals surface area contributed by atoms with Crippen LogP contribution in [0.5, 0.6) is 0 Å². The number of thiophene rings is 1. The maximum atomic E-state index is 2.37. The summed E-state index contributed by atoms with van der Waals surface area (Å²) in [7, 11) is 0. The highest BCUT2D eigenvalue weighted by molar-refractivity contribution is 7.26. The maximum absolute atomic E-state index is 2.37. The predicted octanol–water partition coefficient (Wildman–Crippen LogP) is 8.40. The summed E-state index contributed by atoms with van der Waals surface area (Å²) in [5.41, 5.74) is 10.9. The van der Waals surface area contributed by atoms with E-state index in [-0.39, 0.29) is 5.41 Å². The Morgan fingerprint density at radius 3 is 1.62 bits per heavy atom. The molecule has 0 unspecified atom stereocenters. The summed E-state index contributed by atoms with van der Waals surface area (Å²) < 4.78 is 2.79. The van der Waals surface area contributed by atoms with Gasteiger partial charge in [-0.3, -0.25) is 0 Å². The van der Waals surface area contributed by atoms with Crippen molar-refractivity contribution in [1.82, 2.24) is 0 Å². The van der Waals surface area contributed by atoms with Crippen LogP contribution in [0.4, 0.5) is 0 Å². The molecule has 2 aliphatic rings. The Balaban J connectivity index is 1.66. The lowest BCUT2D eigenvalue weighted by Gasteiger charge is -2.30. The Morgan fingerprint density at radius 2 is 0.969 bits per heavy atom. The summed E-state index contributed by atoms with van der Waals surface area (Å²) in [5.74, 6) is 0. The first-order chi connectivity index (χ1) is 15.9. The molecule has 8 rings (SSSR count). The third kappa shape index (κ3) is 1.78. The van der Waals surface area contributed by atoms with Crippen LogP contribution in [-0.2, 0) is 5.41 Å². The molecule has 0 nitrogen and oxygen atoms in total. The smallest absolute Gasteiger partial charge is 0.0739 e. The quantitative estimate of drug-likeness (QED) is 0.230. The Morgan fingerprint density at radius 1 is 0.438 bits per heavy atom. The van der Waals surface area contributed by atoms with Gasteiger partial charge in [0.05, 0.1) is 5.41 Å². The summed E-state index contributed by atoms with van der Waals surface area (Å²) in [6.45, 7) is 0. The van der Waals surface area contributed by atoms with E-state index < -0.39 is 0 Å². The van der Waals surface area contributed by atoms with Gasteiger partial charge in [0.2, 0.25) is 0 Å². The normalized spacial score (nSPS) is 14.5. The second-order valence-electron chi connectivity index (χ2n) is 8.85. The van der Waals surface area contributed by atoms with Gasteiger partial charge in [-0.05, 0) is 50.6 Å². The van der Waals surface area contributed by atoms with Crippen LogP contribution < -0.4 is 0 Å². The fourth-order valence-corrected chi connectivity index (χ4v) is 7.67. The van der Waals surface area contributed by atoms with Crippen molar-refractivity contribution < 1.29 is 0 Å². The van der Waals surface area contributed by atoms with E-state index >= 15 is 0 Å². The zero-order valence-electron chi connectivity index (χ0n) is 17.3. The van der Waals surface area contributed by atoms with Crippen molar-refractivity contribution in [3.63, 3.8) is 0 Å². The molecule has 0 N–H and O–H groups in total. The summed E-state index contributed by atoms with van der Waals surface area (Å²) in [6, 6.07) is 40.7. The lowest BCUT2D eigenvalue weighted by Crippen LogP contribution is -2.25. The third-order valence-electron chi connectivity index (χ3n) is 7.50. The minimum atomic E-state index is -0.264. The van der Waals surface area contributed by atoms with Gasteiger partial charge in [0.15, 0.2) is 0 Å². The molecule has 1 heteroatoms. The fourth-order valence-electron chi connectivity index (χ4n) is 6.36. The first kappa shape index (κ1) is 16.9. The number of fused-ring (bicyclic) bond motifs is 14. The minimum Gasteiger partial charge on any atom is -0.135 e. The van der Waals surface area contributed by atoms with E-state index in [0.717, 1.165) is 0 Å². The van der Waals surface area contributed by atoms with E-state index in [4.69, 9.17) is 0 Å². The standard InChI is InChI=1S/C31H18S/c1-5-13-25-19(9-1)20-10-2-6-14-26(20)31(25)27-15-7-3-11-21(27)23-17-18-24-22-12-4-8-16-28(22)32-30(24)29(23)31/h1-18H. The largest absolute Gasteiger partial charge is 0.135 e. The summed E-state index contributed by atoms with van der Waals surface area (Å²) in [5, 5.41) is 2.74. The molecule has 0 fully saturated rings. The van der Waals surface area contributed by atoms with E-state index in [2.05, 4.69) is 109 Å². The van der Waals surface area contributed by atoms with Crippen molar-refractivity contribution in [2.45, 2.75) is 5.41 Å². The number of hydrogen-bond donors (Lipinski definition) is 0. The topological polar surface area (TPSA) is 0 Å². The van der Waals surface area contributed by atoms with Gasteiger partial charge in [-0.1, -0.05) is 103 Å². The Labute approximate surface area is 190 Å². The molecule has 1 heterocycles. The van der Waals surface area contributed by atoms with Gasteiger partial charge in [0.25, 0.3) is 0 Å². The van der Waals surface area contributed by atoms with Crippen molar-refractivity contribution in [1.29, 1.82) is 0 Å². The zero-order valence-corrected chi connectivity index (χ0v) is 18.1. The van der Waals surface area contributed by atoms with Gasteiger partial charge >= 0.3 is 0 Å². The molecule has 5 aromatic carbocycles. The van der Waals surface area contributed by atoms with Crippen molar-refractivity contribution in [2.75, 3.05) is 0 Å². The first-order valence-corrected chi connectivity index (χ1v) is 11.9. The molecule has 0 saturated heterocycles. The molecular weight excluding hydrogens is 404 g/mol. The van der Waals surface area contributed by atoms with Gasteiger partial charge in [-0.25, -0.2) is 0 Å². The molecule has 0 saturated carbocycles. The predicted molar refractivity (Wildman–Crippen MR) is 136 cm³/mol. The molecule has 0 atom stereocenters. The Bertz CT molecular complexity index is 1670. The third-order valence-corrected chi connectivity index (χ3v) is 8.70. The van der Waals surface area contributed by atoms with Crippen LogP contribution in [0.15, 0.2) is 109 Å². The molecule has 1 aromatic heterocycles. The van der Waals surface area contributed by atoms with Crippen molar-refractivity contribution in [3.05, 3.63) is 131 Å². The molecule has 1 spiro atoms. The van der Waals surface area contributed by atoms with Crippen LogP contribution in [-0.4, -0.2) is 0 Å². The Kier molecular flexibility index (Phi) is 3.05. The van der Waals surface area contributed by atoms with E-state index in [1.54, 1.807) is 0 Å². The second kappa shape index (κ2) is 5.76. The molecule has 32 heavy (non-hydrogen) atoms. The van der Waals surface area contributed by atoms with E-state index in [1.165, 1.54) is 64.7 Å². The van der Waals surface area contributed by atoms with Gasteiger partial charge in [0.1, 0.15) is 0 Å². The highest BCUT2D eigenvalue weighted by atomic mass is 32.1. The lowest BCUT2D eigenvalue weighted by atomic mass is 9.70. The van der Waals surface area contributed by atoms with E-state index in [1.807, 2.05) is 11.3 Å². The molecule has 2 aliphatic carbocycles. The number of hydrogen-bond acceptors (Lipinski definition) is 1. The summed E-state index contributed by atoms with van der Waals surface area (Å²) in [4.78, 5) is 0. The van der Waals surface area contributed by atoms with E-state index in [0.29, 0.717) is 0 Å². The average Bonchev–Trinajstić information content (AvgIpc) is 3.48. The molecule has 6 aromatic rings. The SMILES string of the molecule is c1ccc2c(c1)-c1ccccc1C21c2ccccc2-c2ccc3c(sc4ccccc43)c21. The van der Waals surface area contributed by atoms with Crippen LogP contribution in [0.1, 0.15) is 22.3 Å².